The van der Waals surface area contributed by atoms with E-state index in [1.54, 1.807) is 38.2 Å². The third-order valence-corrected chi connectivity index (χ3v) is 5.85. The van der Waals surface area contributed by atoms with Gasteiger partial charge in [-0.15, -0.1) is 0 Å². The molecular weight excluding hydrogens is 485 g/mol. The Morgan fingerprint density at radius 1 is 1.03 bits per heavy atom. The lowest BCUT2D eigenvalue weighted by Gasteiger charge is -2.38. The topological polar surface area (TPSA) is 60.2 Å². The minimum atomic E-state index is -4.75. The number of halogens is 3. The molecule has 0 spiro atoms. The number of hydrogen-bond acceptors (Lipinski definition) is 5. The number of alkyl halides is 3. The number of carbonyl (C=O) groups excluding carboxylic acids is 1. The second-order valence-electron chi connectivity index (χ2n) is 8.03. The molecule has 0 fully saturated rings. The van der Waals surface area contributed by atoms with Gasteiger partial charge in [-0.25, -0.2) is 0 Å². The lowest BCUT2D eigenvalue weighted by molar-refractivity contribution is -0.137. The predicted octanol–water partition coefficient (Wildman–Crippen LogP) is 6.87. The molecule has 0 saturated heterocycles. The number of nitrogens with zero attached hydrogens (tertiary/aromatic N) is 4. The Hall–Kier alpha value is -3.77. The van der Waals surface area contributed by atoms with Crippen LogP contribution >= 0.6 is 12.2 Å². The third-order valence-electron chi connectivity index (χ3n) is 5.64. The molecule has 0 unspecified atom stereocenters. The molecule has 0 bridgehead atoms. The highest BCUT2D eigenvalue weighted by Crippen LogP contribution is 2.35. The number of hydrogen-bond donors (Lipinski definition) is 0. The number of carbonyl (C=O) groups is 1. The monoisotopic (exact) mass is 512 g/mol. The fourth-order valence-electron chi connectivity index (χ4n) is 3.41. The molecule has 36 heavy (non-hydrogen) atoms. The molecule has 188 valence electrons. The summed E-state index contributed by atoms with van der Waals surface area (Å²) >= 11 is 4.98. The molecule has 1 heterocycles. The number of nitriles is 1. The van der Waals surface area contributed by atoms with Gasteiger partial charge in [0.1, 0.15) is 5.54 Å². The van der Waals surface area contributed by atoms with E-state index >= 15 is 0 Å². The van der Waals surface area contributed by atoms with E-state index in [-0.39, 0.29) is 5.69 Å². The van der Waals surface area contributed by atoms with Gasteiger partial charge in [0.2, 0.25) is 0 Å². The van der Waals surface area contributed by atoms with Gasteiger partial charge in [0.15, 0.2) is 0 Å². The Balaban J connectivity index is 0.00000222. The molecule has 9 heteroatoms. The minimum absolute atomic E-state index is 0.0697. The van der Waals surface area contributed by atoms with Crippen molar-refractivity contribution in [2.45, 2.75) is 39.4 Å². The summed E-state index contributed by atoms with van der Waals surface area (Å²) in [6, 6.07) is 15.9. The summed E-state index contributed by atoms with van der Waals surface area (Å²) in [5, 5.41) is 9.03. The van der Waals surface area contributed by atoms with Crippen LogP contribution < -0.4 is 9.80 Å². The smallest absolute Gasteiger partial charge is 0.361 e. The summed E-state index contributed by atoms with van der Waals surface area (Å²) < 4.78 is 40.3. The fraction of sp³-hybridized carbons (Fsp3) is 0.259. The normalized spacial score (nSPS) is 11.0. The van der Waals surface area contributed by atoms with Crippen molar-refractivity contribution in [2.24, 2.45) is 0 Å². The van der Waals surface area contributed by atoms with Crippen molar-refractivity contribution in [1.29, 1.82) is 5.26 Å². The van der Waals surface area contributed by atoms with Gasteiger partial charge in [0, 0.05) is 30.8 Å². The summed E-state index contributed by atoms with van der Waals surface area (Å²) in [5.74, 6) is -0.529. The molecule has 1 amide bonds. The second kappa shape index (κ2) is 11.8. The Kier molecular flexibility index (Phi) is 9.31. The third kappa shape index (κ3) is 6.07. The van der Waals surface area contributed by atoms with Crippen molar-refractivity contribution in [2.75, 3.05) is 16.8 Å². The molecular formula is C27H27F3N4OS. The zero-order valence-corrected chi connectivity index (χ0v) is 21.5. The van der Waals surface area contributed by atoms with E-state index in [0.29, 0.717) is 0 Å². The van der Waals surface area contributed by atoms with Crippen molar-refractivity contribution >= 4 is 35.0 Å². The highest BCUT2D eigenvalue weighted by Gasteiger charge is 2.38. The standard InChI is InChI=1S/C25H21F3N4OS.C2H6/c1-24(2,31(3)20-9-6-17(7-10-20)19-5-4-12-30-15-19)23(33)32(16-34)21-11-8-18(14-29)22(13-21)25(26,27)28;1-2/h4-13,15-16H,1-3H3;1-2H3. The van der Waals surface area contributed by atoms with Crippen LogP contribution in [-0.4, -0.2) is 29.0 Å². The predicted molar refractivity (Wildman–Crippen MR) is 141 cm³/mol. The van der Waals surface area contributed by atoms with Gasteiger partial charge in [-0.3, -0.25) is 14.7 Å². The maximum atomic E-state index is 13.4. The van der Waals surface area contributed by atoms with Crippen LogP contribution in [0.4, 0.5) is 24.5 Å². The summed E-state index contributed by atoms with van der Waals surface area (Å²) in [7, 11) is 1.72. The van der Waals surface area contributed by atoms with Crippen LogP contribution in [0.25, 0.3) is 11.1 Å². The van der Waals surface area contributed by atoms with Gasteiger partial charge in [0.25, 0.3) is 5.91 Å². The summed E-state index contributed by atoms with van der Waals surface area (Å²) in [5.41, 5.74) is 0.734. The van der Waals surface area contributed by atoms with Crippen LogP contribution in [0.2, 0.25) is 0 Å². The van der Waals surface area contributed by atoms with Crippen molar-refractivity contribution in [1.82, 2.24) is 4.98 Å². The average Bonchev–Trinajstić information content (AvgIpc) is 2.89. The Bertz CT molecular complexity index is 1240. The molecule has 0 radical (unpaired) electrons. The van der Waals surface area contributed by atoms with Crippen LogP contribution in [0.15, 0.2) is 67.0 Å². The molecule has 1 aromatic heterocycles. The van der Waals surface area contributed by atoms with Gasteiger partial charge in [-0.05, 0) is 61.4 Å². The first-order chi connectivity index (χ1) is 17.0. The summed E-state index contributed by atoms with van der Waals surface area (Å²) in [6.07, 6.45) is -1.32. The highest BCUT2D eigenvalue weighted by molar-refractivity contribution is 7.79. The maximum Gasteiger partial charge on any atom is 0.417 e. The number of rotatable bonds is 6. The number of benzene rings is 2. The van der Waals surface area contributed by atoms with Gasteiger partial charge >= 0.3 is 6.18 Å². The average molecular weight is 513 g/mol. The molecule has 2 aromatic carbocycles. The van der Waals surface area contributed by atoms with Crippen LogP contribution in [0.5, 0.6) is 0 Å². The summed E-state index contributed by atoms with van der Waals surface area (Å²) in [4.78, 5) is 20.3. The zero-order chi connectivity index (χ0) is 27.1. The van der Waals surface area contributed by atoms with Crippen molar-refractivity contribution in [3.63, 3.8) is 0 Å². The summed E-state index contributed by atoms with van der Waals surface area (Å²) in [6.45, 7) is 7.31. The zero-order valence-electron chi connectivity index (χ0n) is 20.7. The van der Waals surface area contributed by atoms with Crippen LogP contribution in [-0.2, 0) is 11.0 Å². The van der Waals surface area contributed by atoms with E-state index in [0.717, 1.165) is 39.3 Å². The van der Waals surface area contributed by atoms with Crippen molar-refractivity contribution < 1.29 is 18.0 Å². The van der Waals surface area contributed by atoms with E-state index in [9.17, 15) is 18.0 Å². The van der Waals surface area contributed by atoms with Gasteiger partial charge in [-0.2, -0.15) is 18.4 Å². The van der Waals surface area contributed by atoms with E-state index in [1.165, 1.54) is 12.1 Å². The van der Waals surface area contributed by atoms with E-state index in [2.05, 4.69) is 4.98 Å². The molecule has 3 rings (SSSR count). The van der Waals surface area contributed by atoms with E-state index in [1.807, 2.05) is 50.2 Å². The lowest BCUT2D eigenvalue weighted by Crippen LogP contribution is -2.55. The number of pyridine rings is 1. The minimum Gasteiger partial charge on any atom is -0.361 e. The molecule has 0 N–H and O–H groups in total. The number of likely N-dealkylation sites (N-methyl/N-ethyl adjacent to an activating group) is 1. The first-order valence-electron chi connectivity index (χ1n) is 11.2. The fourth-order valence-corrected chi connectivity index (χ4v) is 3.63. The Labute approximate surface area is 214 Å². The SMILES string of the molecule is CC.CN(c1ccc(-c2cccnc2)cc1)C(C)(C)C(=O)N(C=S)c1ccc(C#N)c(C(F)(F)F)c1. The Morgan fingerprint density at radius 2 is 1.64 bits per heavy atom. The lowest BCUT2D eigenvalue weighted by atomic mass is 9.98. The largest absolute Gasteiger partial charge is 0.417 e. The maximum absolute atomic E-state index is 13.4. The quantitative estimate of drug-likeness (QED) is 0.337. The van der Waals surface area contributed by atoms with Crippen molar-refractivity contribution in [3.8, 4) is 17.2 Å². The molecule has 0 aliphatic rings. The molecule has 0 aliphatic heterocycles. The molecule has 0 atom stereocenters. The molecule has 3 aromatic rings. The van der Waals surface area contributed by atoms with Crippen LogP contribution in [0.3, 0.4) is 0 Å². The van der Waals surface area contributed by atoms with E-state index in [4.69, 9.17) is 17.5 Å². The number of thiocarbonyl (C=S) groups is 1. The number of aromatic nitrogens is 1. The van der Waals surface area contributed by atoms with Gasteiger partial charge in [-0.1, -0.05) is 44.3 Å². The van der Waals surface area contributed by atoms with Crippen LogP contribution in [0.1, 0.15) is 38.8 Å². The highest BCUT2D eigenvalue weighted by atomic mass is 32.1. The Morgan fingerprint density at radius 3 is 2.14 bits per heavy atom. The number of anilines is 2. The molecule has 0 aliphatic carbocycles. The first kappa shape index (κ1) is 28.5. The van der Waals surface area contributed by atoms with Crippen molar-refractivity contribution in [3.05, 3.63) is 78.1 Å². The second-order valence-corrected chi connectivity index (χ2v) is 8.24. The number of amides is 1. The molecule has 5 nitrogen and oxygen atoms in total. The first-order valence-corrected chi connectivity index (χ1v) is 11.6. The van der Waals surface area contributed by atoms with Gasteiger partial charge < -0.3 is 4.90 Å². The van der Waals surface area contributed by atoms with E-state index < -0.39 is 28.7 Å². The van der Waals surface area contributed by atoms with Crippen LogP contribution in [0, 0.1) is 11.3 Å². The van der Waals surface area contributed by atoms with Gasteiger partial charge in [0.05, 0.1) is 22.7 Å². The molecule has 0 saturated carbocycles.